The normalized spacial score (nSPS) is 11.1. The molecule has 0 bridgehead atoms. The fourth-order valence-electron chi connectivity index (χ4n) is 2.17. The number of rotatable bonds is 1. The van der Waals surface area contributed by atoms with Crippen molar-refractivity contribution in [3.05, 3.63) is 52.1 Å². The van der Waals surface area contributed by atoms with E-state index in [0.717, 1.165) is 27.4 Å². The van der Waals surface area contributed by atoms with Crippen molar-refractivity contribution in [2.45, 2.75) is 6.92 Å². The van der Waals surface area contributed by atoms with E-state index in [1.807, 2.05) is 25.1 Å². The van der Waals surface area contributed by atoms with Crippen molar-refractivity contribution in [3.63, 3.8) is 0 Å². The number of nitro benzene ring substituents is 1. The van der Waals surface area contributed by atoms with E-state index in [9.17, 15) is 10.1 Å². The number of aryl methyl sites for hydroxylation is 1. The quantitative estimate of drug-likeness (QED) is 0.509. The Morgan fingerprint density at radius 1 is 1.18 bits per heavy atom. The Morgan fingerprint density at radius 3 is 2.76 bits per heavy atom. The predicted octanol–water partition coefficient (Wildman–Crippen LogP) is 3.54. The van der Waals surface area contributed by atoms with Crippen LogP contribution in [0.1, 0.15) is 5.56 Å². The van der Waals surface area contributed by atoms with Crippen molar-refractivity contribution in [2.75, 3.05) is 0 Å². The van der Waals surface area contributed by atoms with Crippen LogP contribution in [0, 0.1) is 17.0 Å². The minimum absolute atomic E-state index is 0.125. The highest BCUT2D eigenvalue weighted by Crippen LogP contribution is 2.29. The monoisotopic (exact) mass is 226 g/mol. The molecule has 0 saturated carbocycles. The smallest absolute Gasteiger partial charge is 0.270 e. The van der Waals surface area contributed by atoms with E-state index in [1.54, 1.807) is 12.1 Å². The number of hydrogen-bond donors (Lipinski definition) is 1. The zero-order valence-corrected chi connectivity index (χ0v) is 9.23. The number of H-pyrrole nitrogens is 1. The summed E-state index contributed by atoms with van der Waals surface area (Å²) in [6.45, 7) is 2.02. The number of hydrogen-bond acceptors (Lipinski definition) is 2. The molecule has 4 heteroatoms. The second-order valence-corrected chi connectivity index (χ2v) is 4.11. The first-order valence-corrected chi connectivity index (χ1v) is 5.32. The van der Waals surface area contributed by atoms with Crippen molar-refractivity contribution in [1.29, 1.82) is 0 Å². The lowest BCUT2D eigenvalue weighted by Crippen LogP contribution is -1.86. The number of aromatic amines is 1. The largest absolute Gasteiger partial charge is 0.354 e. The Kier molecular flexibility index (Phi) is 1.92. The van der Waals surface area contributed by atoms with Gasteiger partial charge >= 0.3 is 0 Å². The third-order valence-electron chi connectivity index (χ3n) is 3.04. The molecule has 0 unspecified atom stereocenters. The molecule has 3 aromatic rings. The summed E-state index contributed by atoms with van der Waals surface area (Å²) in [5.74, 6) is 0. The Bertz CT molecular complexity index is 744. The topological polar surface area (TPSA) is 58.9 Å². The van der Waals surface area contributed by atoms with Crippen LogP contribution in [0.15, 0.2) is 36.4 Å². The highest BCUT2D eigenvalue weighted by Gasteiger charge is 2.10. The molecule has 3 rings (SSSR count). The minimum atomic E-state index is -0.367. The molecule has 1 aromatic heterocycles. The van der Waals surface area contributed by atoms with Gasteiger partial charge in [0.25, 0.3) is 5.69 Å². The van der Waals surface area contributed by atoms with E-state index >= 15 is 0 Å². The summed E-state index contributed by atoms with van der Waals surface area (Å²) in [6.07, 6.45) is 0. The van der Waals surface area contributed by atoms with Crippen molar-refractivity contribution >= 4 is 27.5 Å². The van der Waals surface area contributed by atoms with Crippen molar-refractivity contribution in [1.82, 2.24) is 4.98 Å². The van der Waals surface area contributed by atoms with Crippen LogP contribution in [0.4, 0.5) is 5.69 Å². The van der Waals surface area contributed by atoms with Crippen molar-refractivity contribution in [2.24, 2.45) is 0 Å². The number of para-hydroxylation sites is 1. The van der Waals surface area contributed by atoms with Gasteiger partial charge in [-0.05, 0) is 18.6 Å². The first kappa shape index (κ1) is 9.84. The molecule has 17 heavy (non-hydrogen) atoms. The molecule has 1 N–H and O–H groups in total. The van der Waals surface area contributed by atoms with Gasteiger partial charge in [-0.1, -0.05) is 18.2 Å². The summed E-state index contributed by atoms with van der Waals surface area (Å²) in [5, 5.41) is 12.7. The fourth-order valence-corrected chi connectivity index (χ4v) is 2.17. The van der Waals surface area contributed by atoms with Gasteiger partial charge in [0.05, 0.1) is 4.92 Å². The lowest BCUT2D eigenvalue weighted by Gasteiger charge is -1.94. The van der Waals surface area contributed by atoms with Crippen LogP contribution >= 0.6 is 0 Å². The second kappa shape index (κ2) is 3.31. The summed E-state index contributed by atoms with van der Waals surface area (Å²) in [5.41, 5.74) is 3.24. The third kappa shape index (κ3) is 1.38. The number of benzene rings is 2. The van der Waals surface area contributed by atoms with Gasteiger partial charge in [-0.25, -0.2) is 0 Å². The molecular weight excluding hydrogens is 216 g/mol. The standard InChI is InChI=1S/C13H10N2O2/c1-8-3-2-4-10-11-7-9(15(16)17)5-6-12(11)14-13(8)10/h2-7,14H,1H3. The molecule has 0 aliphatic heterocycles. The molecule has 1 heterocycles. The van der Waals surface area contributed by atoms with Gasteiger partial charge in [-0.3, -0.25) is 10.1 Å². The van der Waals surface area contributed by atoms with Gasteiger partial charge in [0.2, 0.25) is 0 Å². The van der Waals surface area contributed by atoms with Gasteiger partial charge in [-0.2, -0.15) is 0 Å². The zero-order chi connectivity index (χ0) is 12.0. The highest BCUT2D eigenvalue weighted by atomic mass is 16.6. The lowest BCUT2D eigenvalue weighted by molar-refractivity contribution is -0.384. The Balaban J connectivity index is 2.46. The first-order chi connectivity index (χ1) is 8.16. The molecule has 0 aliphatic rings. The number of fused-ring (bicyclic) bond motifs is 3. The van der Waals surface area contributed by atoms with Crippen LogP contribution in [0.3, 0.4) is 0 Å². The molecule has 0 fully saturated rings. The van der Waals surface area contributed by atoms with Crippen molar-refractivity contribution in [3.8, 4) is 0 Å². The molecule has 0 spiro atoms. The highest BCUT2D eigenvalue weighted by molar-refractivity contribution is 6.08. The average Bonchev–Trinajstić information content (AvgIpc) is 2.68. The number of non-ortho nitro benzene ring substituents is 1. The van der Waals surface area contributed by atoms with Crippen LogP contribution in [0.5, 0.6) is 0 Å². The van der Waals surface area contributed by atoms with E-state index in [1.165, 1.54) is 6.07 Å². The Morgan fingerprint density at radius 2 is 2.00 bits per heavy atom. The first-order valence-electron chi connectivity index (χ1n) is 5.32. The Labute approximate surface area is 97.0 Å². The molecule has 84 valence electrons. The molecule has 4 nitrogen and oxygen atoms in total. The lowest BCUT2D eigenvalue weighted by atomic mass is 10.1. The average molecular weight is 226 g/mol. The second-order valence-electron chi connectivity index (χ2n) is 4.11. The van der Waals surface area contributed by atoms with Gasteiger partial charge in [0, 0.05) is 33.9 Å². The maximum atomic E-state index is 10.8. The fraction of sp³-hybridized carbons (Fsp3) is 0.0769. The van der Waals surface area contributed by atoms with Crippen LogP contribution in [0.2, 0.25) is 0 Å². The zero-order valence-electron chi connectivity index (χ0n) is 9.23. The number of nitrogens with zero attached hydrogens (tertiary/aromatic N) is 1. The summed E-state index contributed by atoms with van der Waals surface area (Å²) in [4.78, 5) is 13.7. The number of nitrogens with one attached hydrogen (secondary N) is 1. The summed E-state index contributed by atoms with van der Waals surface area (Å²) in [6, 6.07) is 10.9. The van der Waals surface area contributed by atoms with E-state index in [2.05, 4.69) is 4.98 Å². The SMILES string of the molecule is Cc1cccc2c1[nH]c1ccc([N+](=O)[O-])cc12. The van der Waals surface area contributed by atoms with Crippen molar-refractivity contribution < 1.29 is 4.92 Å². The van der Waals surface area contributed by atoms with E-state index < -0.39 is 0 Å². The molecule has 0 saturated heterocycles. The predicted molar refractivity (Wildman–Crippen MR) is 67.2 cm³/mol. The van der Waals surface area contributed by atoms with Crippen LogP contribution in [-0.2, 0) is 0 Å². The Hall–Kier alpha value is -2.36. The molecular formula is C13H10N2O2. The van der Waals surface area contributed by atoms with Gasteiger partial charge in [0.15, 0.2) is 0 Å². The minimum Gasteiger partial charge on any atom is -0.354 e. The summed E-state index contributed by atoms with van der Waals surface area (Å²) >= 11 is 0. The molecule has 0 atom stereocenters. The number of aromatic nitrogens is 1. The maximum Gasteiger partial charge on any atom is 0.270 e. The molecule has 0 aliphatic carbocycles. The van der Waals surface area contributed by atoms with Crippen LogP contribution < -0.4 is 0 Å². The van der Waals surface area contributed by atoms with E-state index in [-0.39, 0.29) is 10.6 Å². The summed E-state index contributed by atoms with van der Waals surface area (Å²) in [7, 11) is 0. The molecule has 2 aromatic carbocycles. The van der Waals surface area contributed by atoms with Gasteiger partial charge in [0.1, 0.15) is 0 Å². The maximum absolute atomic E-state index is 10.8. The summed E-state index contributed by atoms with van der Waals surface area (Å²) < 4.78 is 0. The van der Waals surface area contributed by atoms with Gasteiger partial charge in [-0.15, -0.1) is 0 Å². The van der Waals surface area contributed by atoms with Crippen LogP contribution in [-0.4, -0.2) is 9.91 Å². The molecule has 0 radical (unpaired) electrons. The van der Waals surface area contributed by atoms with E-state index in [0.29, 0.717) is 0 Å². The van der Waals surface area contributed by atoms with Gasteiger partial charge < -0.3 is 4.98 Å². The van der Waals surface area contributed by atoms with Crippen LogP contribution in [0.25, 0.3) is 21.8 Å². The van der Waals surface area contributed by atoms with E-state index in [4.69, 9.17) is 0 Å². The molecule has 0 amide bonds. The third-order valence-corrected chi connectivity index (χ3v) is 3.04. The number of nitro groups is 1.